The van der Waals surface area contributed by atoms with Crippen LogP contribution in [-0.4, -0.2) is 47.3 Å². The largest absolute Gasteiger partial charge is 0.345 e. The second-order valence-corrected chi connectivity index (χ2v) is 8.56. The van der Waals surface area contributed by atoms with Crippen LogP contribution in [-0.2, 0) is 21.4 Å². The van der Waals surface area contributed by atoms with Gasteiger partial charge in [-0.3, -0.25) is 9.78 Å². The normalized spacial score (nSPS) is 17.7. The average molecular weight is 401 g/mol. The molecule has 2 aliphatic heterocycles. The number of amides is 1. The Kier molecular flexibility index (Phi) is 4.58. The summed E-state index contributed by atoms with van der Waals surface area (Å²) in [6.45, 7) is 0.528. The molecule has 0 saturated heterocycles. The zero-order valence-corrected chi connectivity index (χ0v) is 15.7. The number of sulfonamides is 1. The molecule has 1 N–H and O–H groups in total. The lowest BCUT2D eigenvalue weighted by atomic mass is 10.1. The fourth-order valence-electron chi connectivity index (χ4n) is 2.69. The van der Waals surface area contributed by atoms with Crippen LogP contribution < -0.4 is 5.32 Å². The number of pyridine rings is 1. The third-order valence-electron chi connectivity index (χ3n) is 4.03. The standard InChI is InChI=1S/C17H15N5O3S2/c23-17(13-2-1-7-22-8-9-27(24,25)21-16(13)22)19-10-15-20-14(11-26-15)12-3-5-18-6-4-12/h1-7,11H,8-10H2,(H,19,23). The van der Waals surface area contributed by atoms with Crippen LogP contribution in [0.15, 0.2) is 58.2 Å². The molecule has 2 aromatic heterocycles. The number of amidine groups is 1. The van der Waals surface area contributed by atoms with Crippen molar-refractivity contribution in [3.63, 3.8) is 0 Å². The number of nitrogens with one attached hydrogen (secondary N) is 1. The highest BCUT2D eigenvalue weighted by Gasteiger charge is 2.29. The zero-order chi connectivity index (χ0) is 18.9. The molecule has 0 aliphatic carbocycles. The first-order chi connectivity index (χ1) is 13.0. The van der Waals surface area contributed by atoms with Gasteiger partial charge in [0.05, 0.1) is 23.6 Å². The Morgan fingerprint density at radius 2 is 2.11 bits per heavy atom. The van der Waals surface area contributed by atoms with Crippen LogP contribution in [0.2, 0.25) is 0 Å². The van der Waals surface area contributed by atoms with E-state index in [0.29, 0.717) is 0 Å². The Morgan fingerprint density at radius 1 is 1.30 bits per heavy atom. The number of rotatable bonds is 4. The molecule has 0 radical (unpaired) electrons. The molecule has 0 bridgehead atoms. The van der Waals surface area contributed by atoms with Crippen LogP contribution in [0, 0.1) is 0 Å². The van der Waals surface area contributed by atoms with Crippen molar-refractivity contribution in [3.8, 4) is 11.3 Å². The Labute approximate surface area is 160 Å². The molecule has 0 fully saturated rings. The predicted molar refractivity (Wildman–Crippen MR) is 102 cm³/mol. The van der Waals surface area contributed by atoms with Crippen LogP contribution >= 0.6 is 11.3 Å². The summed E-state index contributed by atoms with van der Waals surface area (Å²) in [5, 5.41) is 5.45. The highest BCUT2D eigenvalue weighted by molar-refractivity contribution is 7.90. The van der Waals surface area contributed by atoms with Crippen LogP contribution in [0.5, 0.6) is 0 Å². The number of carbonyl (C=O) groups excluding carboxylic acids is 1. The summed E-state index contributed by atoms with van der Waals surface area (Å²) >= 11 is 1.44. The number of allylic oxidation sites excluding steroid dienone is 2. The minimum Gasteiger partial charge on any atom is -0.345 e. The number of thiazole rings is 1. The number of hydrogen-bond donors (Lipinski definition) is 1. The molecule has 138 valence electrons. The third-order valence-corrected chi connectivity index (χ3v) is 6.03. The van der Waals surface area contributed by atoms with Crippen molar-refractivity contribution in [2.24, 2.45) is 4.40 Å². The van der Waals surface area contributed by atoms with Gasteiger partial charge >= 0.3 is 0 Å². The number of aromatic nitrogens is 2. The molecule has 4 heterocycles. The lowest BCUT2D eigenvalue weighted by Gasteiger charge is -2.28. The van der Waals surface area contributed by atoms with E-state index in [2.05, 4.69) is 19.7 Å². The summed E-state index contributed by atoms with van der Waals surface area (Å²) in [7, 11) is -3.54. The summed E-state index contributed by atoms with van der Waals surface area (Å²) in [6, 6.07) is 3.74. The van der Waals surface area contributed by atoms with Crippen LogP contribution in [0.25, 0.3) is 11.3 Å². The maximum atomic E-state index is 12.6. The molecule has 27 heavy (non-hydrogen) atoms. The molecule has 0 atom stereocenters. The first kappa shape index (κ1) is 17.6. The lowest BCUT2D eigenvalue weighted by molar-refractivity contribution is -0.117. The highest BCUT2D eigenvalue weighted by atomic mass is 32.2. The molecule has 0 saturated carbocycles. The van der Waals surface area contributed by atoms with Crippen LogP contribution in [0.4, 0.5) is 0 Å². The van der Waals surface area contributed by atoms with Gasteiger partial charge in [0.15, 0.2) is 5.84 Å². The minimum absolute atomic E-state index is 0.0629. The van der Waals surface area contributed by atoms with Gasteiger partial charge in [0, 0.05) is 36.1 Å². The van der Waals surface area contributed by atoms with Gasteiger partial charge in [-0.05, 0) is 24.3 Å². The molecular weight excluding hydrogens is 386 g/mol. The van der Waals surface area contributed by atoms with E-state index in [1.807, 2.05) is 17.5 Å². The summed E-state index contributed by atoms with van der Waals surface area (Å²) in [5.74, 6) is -0.286. The molecule has 10 heteroatoms. The topological polar surface area (TPSA) is 105 Å². The van der Waals surface area contributed by atoms with Crippen molar-refractivity contribution in [2.45, 2.75) is 6.54 Å². The van der Waals surface area contributed by atoms with E-state index in [1.54, 1.807) is 35.6 Å². The Morgan fingerprint density at radius 3 is 2.93 bits per heavy atom. The summed E-state index contributed by atoms with van der Waals surface area (Å²) in [6.07, 6.45) is 8.38. The van der Waals surface area contributed by atoms with Crippen molar-refractivity contribution in [1.82, 2.24) is 20.2 Å². The molecule has 1 amide bonds. The van der Waals surface area contributed by atoms with Gasteiger partial charge < -0.3 is 10.2 Å². The van der Waals surface area contributed by atoms with E-state index < -0.39 is 10.0 Å². The maximum absolute atomic E-state index is 12.6. The van der Waals surface area contributed by atoms with Gasteiger partial charge in [0.2, 0.25) is 0 Å². The van der Waals surface area contributed by atoms with Gasteiger partial charge in [0.1, 0.15) is 5.01 Å². The van der Waals surface area contributed by atoms with E-state index in [1.165, 1.54) is 11.3 Å². The first-order valence-corrected chi connectivity index (χ1v) is 10.6. The van der Waals surface area contributed by atoms with E-state index >= 15 is 0 Å². The van der Waals surface area contributed by atoms with Gasteiger partial charge in [-0.15, -0.1) is 15.7 Å². The van der Waals surface area contributed by atoms with Gasteiger partial charge in [-0.25, -0.2) is 13.4 Å². The van der Waals surface area contributed by atoms with Crippen LogP contribution in [0.3, 0.4) is 0 Å². The Hall–Kier alpha value is -2.85. The number of fused-ring (bicyclic) bond motifs is 1. The second-order valence-electron chi connectivity index (χ2n) is 5.86. The van der Waals surface area contributed by atoms with Gasteiger partial charge in [-0.2, -0.15) is 0 Å². The summed E-state index contributed by atoms with van der Waals surface area (Å²) in [4.78, 5) is 22.7. The number of hydrogen-bond acceptors (Lipinski definition) is 7. The number of nitrogens with zero attached hydrogens (tertiary/aromatic N) is 4. The maximum Gasteiger partial charge on any atom is 0.256 e. The number of carbonyl (C=O) groups is 1. The molecular formula is C17H15N5O3S2. The predicted octanol–water partition coefficient (Wildman–Crippen LogP) is 1.32. The molecule has 2 aromatic rings. The molecule has 0 aromatic carbocycles. The van der Waals surface area contributed by atoms with Gasteiger partial charge in [-0.1, -0.05) is 0 Å². The molecule has 0 spiro atoms. The first-order valence-electron chi connectivity index (χ1n) is 8.13. The van der Waals surface area contributed by atoms with Crippen LogP contribution in [0.1, 0.15) is 5.01 Å². The van der Waals surface area contributed by atoms with E-state index in [0.717, 1.165) is 16.3 Å². The van der Waals surface area contributed by atoms with E-state index in [4.69, 9.17) is 0 Å². The van der Waals surface area contributed by atoms with Crippen molar-refractivity contribution in [3.05, 3.63) is 58.8 Å². The van der Waals surface area contributed by atoms with Crippen molar-refractivity contribution in [1.29, 1.82) is 0 Å². The van der Waals surface area contributed by atoms with E-state index in [9.17, 15) is 13.2 Å². The Balaban J connectivity index is 1.47. The van der Waals surface area contributed by atoms with Crippen molar-refractivity contribution >= 4 is 33.1 Å². The molecule has 8 nitrogen and oxygen atoms in total. The SMILES string of the molecule is O=C(NCc1nc(-c2ccncc2)cs1)C1=CC=CN2CCS(=O)(=O)N=C12. The highest BCUT2D eigenvalue weighted by Crippen LogP contribution is 2.21. The molecule has 2 aliphatic rings. The quantitative estimate of drug-likeness (QED) is 0.829. The van der Waals surface area contributed by atoms with E-state index in [-0.39, 0.29) is 36.2 Å². The minimum atomic E-state index is -3.54. The van der Waals surface area contributed by atoms with Crippen molar-refractivity contribution in [2.75, 3.05) is 12.3 Å². The smallest absolute Gasteiger partial charge is 0.256 e. The fourth-order valence-corrected chi connectivity index (χ4v) is 4.42. The summed E-state index contributed by atoms with van der Waals surface area (Å²) in [5.41, 5.74) is 2.00. The zero-order valence-electron chi connectivity index (χ0n) is 14.1. The Bertz CT molecular complexity index is 1070. The molecule has 0 unspecified atom stereocenters. The second kappa shape index (κ2) is 7.05. The molecule has 4 rings (SSSR count). The monoisotopic (exact) mass is 401 g/mol. The average Bonchev–Trinajstić information content (AvgIpc) is 3.15. The van der Waals surface area contributed by atoms with Crippen molar-refractivity contribution < 1.29 is 13.2 Å². The fraction of sp³-hybridized carbons (Fsp3) is 0.176. The van der Waals surface area contributed by atoms with Gasteiger partial charge in [0.25, 0.3) is 15.9 Å². The third kappa shape index (κ3) is 3.81. The summed E-state index contributed by atoms with van der Waals surface area (Å²) < 4.78 is 27.3. The lowest BCUT2D eigenvalue weighted by Crippen LogP contribution is -2.42.